The lowest BCUT2D eigenvalue weighted by Gasteiger charge is -2.16. The lowest BCUT2D eigenvalue weighted by Crippen LogP contribution is -2.12. The summed E-state index contributed by atoms with van der Waals surface area (Å²) in [6.45, 7) is 6.91. The zero-order valence-electron chi connectivity index (χ0n) is 12.6. The Morgan fingerprint density at radius 3 is 2.65 bits per heavy atom. The molecular weight excluding hydrogens is 256 g/mol. The first kappa shape index (κ1) is 16.6. The van der Waals surface area contributed by atoms with Gasteiger partial charge in [-0.05, 0) is 18.1 Å². The Balaban J connectivity index is 2.73. The molecule has 0 aromatic heterocycles. The zero-order chi connectivity index (χ0) is 14.8. The first-order valence-electron chi connectivity index (χ1n) is 7.01. The van der Waals surface area contributed by atoms with Gasteiger partial charge in [-0.1, -0.05) is 13.8 Å². The molecule has 1 aromatic carbocycles. The van der Waals surface area contributed by atoms with E-state index in [0.29, 0.717) is 25.7 Å². The van der Waals surface area contributed by atoms with Crippen LogP contribution in [0.4, 0.5) is 11.4 Å². The van der Waals surface area contributed by atoms with E-state index in [1.807, 2.05) is 18.2 Å². The number of anilines is 2. The van der Waals surface area contributed by atoms with Crippen LogP contribution in [0.5, 0.6) is 5.75 Å². The number of methoxy groups -OCH3 is 1. The van der Waals surface area contributed by atoms with Gasteiger partial charge in [0.2, 0.25) is 0 Å². The van der Waals surface area contributed by atoms with E-state index >= 15 is 0 Å². The molecule has 0 aliphatic heterocycles. The molecule has 1 rings (SSSR count). The van der Waals surface area contributed by atoms with Gasteiger partial charge in [0, 0.05) is 32.0 Å². The van der Waals surface area contributed by atoms with E-state index in [4.69, 9.17) is 14.6 Å². The predicted molar refractivity (Wildman–Crippen MR) is 82.7 cm³/mol. The van der Waals surface area contributed by atoms with Crippen molar-refractivity contribution >= 4 is 11.4 Å². The Kier molecular flexibility index (Phi) is 7.84. The average molecular weight is 282 g/mol. The summed E-state index contributed by atoms with van der Waals surface area (Å²) >= 11 is 0. The summed E-state index contributed by atoms with van der Waals surface area (Å²) in [6.07, 6.45) is 0. The van der Waals surface area contributed by atoms with Crippen LogP contribution in [0.2, 0.25) is 0 Å². The molecular formula is C15H26N2O3. The molecule has 20 heavy (non-hydrogen) atoms. The first-order chi connectivity index (χ1) is 9.67. The second kappa shape index (κ2) is 9.44. The van der Waals surface area contributed by atoms with Gasteiger partial charge in [-0.3, -0.25) is 0 Å². The molecule has 0 spiro atoms. The number of nitrogens with one attached hydrogen (secondary N) is 2. The minimum Gasteiger partial charge on any atom is -0.489 e. The second-order valence-electron chi connectivity index (χ2n) is 4.98. The fourth-order valence-electron chi connectivity index (χ4n) is 1.65. The number of hydrogen-bond acceptors (Lipinski definition) is 5. The standard InChI is InChI=1S/C15H26N2O3/c1-12(2)11-17-14-5-4-13(16-6-7-18)10-15(14)20-9-8-19-3/h4-5,10,12,16-18H,6-9,11H2,1-3H3. The maximum absolute atomic E-state index is 8.85. The zero-order valence-corrected chi connectivity index (χ0v) is 12.6. The molecule has 0 radical (unpaired) electrons. The van der Waals surface area contributed by atoms with Crippen molar-refractivity contribution in [2.75, 3.05) is 50.7 Å². The SMILES string of the molecule is COCCOc1cc(NCCO)ccc1NCC(C)C. The molecule has 1 aromatic rings. The van der Waals surface area contributed by atoms with Crippen LogP contribution in [0.25, 0.3) is 0 Å². The highest BCUT2D eigenvalue weighted by molar-refractivity contribution is 5.63. The van der Waals surface area contributed by atoms with E-state index in [-0.39, 0.29) is 6.61 Å². The van der Waals surface area contributed by atoms with Crippen molar-refractivity contribution < 1.29 is 14.6 Å². The summed E-state index contributed by atoms with van der Waals surface area (Å²) < 4.78 is 10.7. The third kappa shape index (κ3) is 6.12. The van der Waals surface area contributed by atoms with Crippen molar-refractivity contribution in [1.82, 2.24) is 0 Å². The number of aliphatic hydroxyl groups is 1. The summed E-state index contributed by atoms with van der Waals surface area (Å²) in [5.74, 6) is 1.36. The van der Waals surface area contributed by atoms with Crippen molar-refractivity contribution in [1.29, 1.82) is 0 Å². The predicted octanol–water partition coefficient (Wildman–Crippen LogP) is 2.18. The van der Waals surface area contributed by atoms with Gasteiger partial charge in [-0.15, -0.1) is 0 Å². The van der Waals surface area contributed by atoms with Crippen LogP contribution in [0.15, 0.2) is 18.2 Å². The van der Waals surface area contributed by atoms with Crippen LogP contribution < -0.4 is 15.4 Å². The van der Waals surface area contributed by atoms with Gasteiger partial charge in [0.05, 0.1) is 18.9 Å². The Bertz CT molecular complexity index is 383. The van der Waals surface area contributed by atoms with Crippen LogP contribution in [-0.2, 0) is 4.74 Å². The van der Waals surface area contributed by atoms with Crippen LogP contribution in [0.1, 0.15) is 13.8 Å². The lowest BCUT2D eigenvalue weighted by atomic mass is 10.2. The molecule has 5 heteroatoms. The van der Waals surface area contributed by atoms with Crippen molar-refractivity contribution in [2.45, 2.75) is 13.8 Å². The molecule has 0 atom stereocenters. The molecule has 5 nitrogen and oxygen atoms in total. The fraction of sp³-hybridized carbons (Fsp3) is 0.600. The highest BCUT2D eigenvalue weighted by atomic mass is 16.5. The van der Waals surface area contributed by atoms with Crippen molar-refractivity contribution in [3.8, 4) is 5.75 Å². The molecule has 0 saturated heterocycles. The normalized spacial score (nSPS) is 10.7. The molecule has 0 heterocycles. The Hall–Kier alpha value is -1.46. The lowest BCUT2D eigenvalue weighted by molar-refractivity contribution is 0.146. The van der Waals surface area contributed by atoms with E-state index in [9.17, 15) is 0 Å². The Morgan fingerprint density at radius 2 is 2.00 bits per heavy atom. The van der Waals surface area contributed by atoms with E-state index in [2.05, 4.69) is 24.5 Å². The highest BCUT2D eigenvalue weighted by Gasteiger charge is 2.06. The number of hydrogen-bond donors (Lipinski definition) is 3. The van der Waals surface area contributed by atoms with E-state index < -0.39 is 0 Å². The summed E-state index contributed by atoms with van der Waals surface area (Å²) in [5, 5.41) is 15.4. The molecule has 0 aliphatic carbocycles. The smallest absolute Gasteiger partial charge is 0.144 e. The van der Waals surface area contributed by atoms with Crippen LogP contribution in [0, 0.1) is 5.92 Å². The summed E-state index contributed by atoms with van der Waals surface area (Å²) in [4.78, 5) is 0. The van der Waals surface area contributed by atoms with E-state index in [0.717, 1.165) is 23.7 Å². The topological polar surface area (TPSA) is 62.8 Å². The number of benzene rings is 1. The quantitative estimate of drug-likeness (QED) is 0.574. The van der Waals surface area contributed by atoms with Gasteiger partial charge in [0.25, 0.3) is 0 Å². The van der Waals surface area contributed by atoms with Gasteiger partial charge >= 0.3 is 0 Å². The molecule has 114 valence electrons. The molecule has 0 unspecified atom stereocenters. The maximum atomic E-state index is 8.85. The third-order valence-corrected chi connectivity index (χ3v) is 2.67. The monoisotopic (exact) mass is 282 g/mol. The maximum Gasteiger partial charge on any atom is 0.144 e. The van der Waals surface area contributed by atoms with Gasteiger partial charge in [0.15, 0.2) is 0 Å². The Morgan fingerprint density at radius 1 is 1.20 bits per heavy atom. The van der Waals surface area contributed by atoms with Gasteiger partial charge in [0.1, 0.15) is 12.4 Å². The van der Waals surface area contributed by atoms with Gasteiger partial charge in [-0.25, -0.2) is 0 Å². The third-order valence-electron chi connectivity index (χ3n) is 2.67. The van der Waals surface area contributed by atoms with Crippen LogP contribution >= 0.6 is 0 Å². The van der Waals surface area contributed by atoms with Crippen molar-refractivity contribution in [2.24, 2.45) is 5.92 Å². The first-order valence-corrected chi connectivity index (χ1v) is 7.01. The largest absolute Gasteiger partial charge is 0.489 e. The minimum atomic E-state index is 0.104. The molecule has 0 amide bonds. The highest BCUT2D eigenvalue weighted by Crippen LogP contribution is 2.28. The van der Waals surface area contributed by atoms with E-state index in [1.165, 1.54) is 0 Å². The van der Waals surface area contributed by atoms with Crippen LogP contribution in [0.3, 0.4) is 0 Å². The van der Waals surface area contributed by atoms with Gasteiger partial charge in [-0.2, -0.15) is 0 Å². The number of aliphatic hydroxyl groups excluding tert-OH is 1. The molecule has 0 saturated carbocycles. The van der Waals surface area contributed by atoms with Crippen molar-refractivity contribution in [3.05, 3.63) is 18.2 Å². The van der Waals surface area contributed by atoms with Gasteiger partial charge < -0.3 is 25.2 Å². The molecule has 0 aliphatic rings. The molecule has 0 fully saturated rings. The van der Waals surface area contributed by atoms with Crippen molar-refractivity contribution in [3.63, 3.8) is 0 Å². The summed E-state index contributed by atoms with van der Waals surface area (Å²) in [5.41, 5.74) is 1.91. The Labute approximate surface area is 121 Å². The molecule has 0 bridgehead atoms. The second-order valence-corrected chi connectivity index (χ2v) is 4.98. The average Bonchev–Trinajstić information content (AvgIpc) is 2.44. The number of ether oxygens (including phenoxy) is 2. The number of rotatable bonds is 10. The minimum absolute atomic E-state index is 0.104. The van der Waals surface area contributed by atoms with Crippen LogP contribution in [-0.4, -0.2) is 45.1 Å². The molecule has 3 N–H and O–H groups in total. The fourth-order valence-corrected chi connectivity index (χ4v) is 1.65. The van der Waals surface area contributed by atoms with E-state index in [1.54, 1.807) is 7.11 Å². The summed E-state index contributed by atoms with van der Waals surface area (Å²) in [6, 6.07) is 5.90. The summed E-state index contributed by atoms with van der Waals surface area (Å²) in [7, 11) is 1.65.